The molecule has 0 saturated carbocycles. The lowest BCUT2D eigenvalue weighted by Crippen LogP contribution is -2.13. The van der Waals surface area contributed by atoms with Gasteiger partial charge in [-0.05, 0) is 13.0 Å². The molecule has 2 rings (SSSR count). The van der Waals surface area contributed by atoms with Crippen LogP contribution in [0.1, 0.15) is 18.0 Å². The molecule has 0 aromatic carbocycles. The normalized spacial score (nSPS) is 12.7. The Hall–Kier alpha value is -1.53. The summed E-state index contributed by atoms with van der Waals surface area (Å²) in [5.41, 5.74) is 6.43. The second-order valence-corrected chi connectivity index (χ2v) is 4.61. The summed E-state index contributed by atoms with van der Waals surface area (Å²) in [4.78, 5) is 11.4. The minimum absolute atomic E-state index is 0.0601. The van der Waals surface area contributed by atoms with Crippen molar-refractivity contribution in [1.29, 1.82) is 0 Å². The lowest BCUT2D eigenvalue weighted by atomic mass is 10.3. The summed E-state index contributed by atoms with van der Waals surface area (Å²) >= 11 is 1.41. The third kappa shape index (κ3) is 2.02. The Morgan fingerprint density at radius 2 is 2.25 bits per heavy atom. The molecule has 2 heterocycles. The average molecular weight is 236 g/mol. The highest BCUT2D eigenvalue weighted by Gasteiger charge is 2.10. The second kappa shape index (κ2) is 4.15. The zero-order valence-corrected chi connectivity index (χ0v) is 9.86. The molecule has 0 amide bonds. The number of pyridine rings is 1. The van der Waals surface area contributed by atoms with Crippen LogP contribution in [-0.4, -0.2) is 14.8 Å². The van der Waals surface area contributed by atoms with Crippen LogP contribution in [0.5, 0.6) is 0 Å². The van der Waals surface area contributed by atoms with E-state index in [0.717, 1.165) is 15.6 Å². The zero-order valence-electron chi connectivity index (χ0n) is 9.04. The standard InChI is InChI=1S/C10H12N4OS/c1-6(11)9-12-13-10(16-9)7-3-4-14(2)8(15)5-7/h3-6H,11H2,1-2H3. The highest BCUT2D eigenvalue weighted by molar-refractivity contribution is 7.14. The molecule has 1 atom stereocenters. The van der Waals surface area contributed by atoms with E-state index in [-0.39, 0.29) is 11.6 Å². The second-order valence-electron chi connectivity index (χ2n) is 3.60. The molecule has 0 aliphatic carbocycles. The van der Waals surface area contributed by atoms with Gasteiger partial charge in [-0.2, -0.15) is 0 Å². The number of nitrogens with two attached hydrogens (primary N) is 1. The summed E-state index contributed by atoms with van der Waals surface area (Å²) in [5, 5.41) is 9.50. The van der Waals surface area contributed by atoms with Crippen LogP contribution in [0.15, 0.2) is 23.1 Å². The van der Waals surface area contributed by atoms with Crippen molar-refractivity contribution in [1.82, 2.24) is 14.8 Å². The Labute approximate surface area is 96.6 Å². The quantitative estimate of drug-likeness (QED) is 0.841. The summed E-state index contributed by atoms with van der Waals surface area (Å²) in [6.07, 6.45) is 1.71. The number of aromatic nitrogens is 3. The van der Waals surface area contributed by atoms with Gasteiger partial charge in [-0.15, -0.1) is 10.2 Å². The summed E-state index contributed by atoms with van der Waals surface area (Å²) in [7, 11) is 1.71. The first-order valence-corrected chi connectivity index (χ1v) is 5.65. The molecule has 0 spiro atoms. The van der Waals surface area contributed by atoms with Crippen LogP contribution in [0, 0.1) is 0 Å². The number of aryl methyl sites for hydroxylation is 1. The first-order chi connectivity index (χ1) is 7.58. The molecule has 0 aliphatic rings. The maximum absolute atomic E-state index is 11.4. The fourth-order valence-electron chi connectivity index (χ4n) is 1.22. The fraction of sp³-hybridized carbons (Fsp3) is 0.300. The average Bonchev–Trinajstić information content (AvgIpc) is 2.71. The van der Waals surface area contributed by atoms with E-state index >= 15 is 0 Å². The highest BCUT2D eigenvalue weighted by atomic mass is 32.1. The predicted molar refractivity (Wildman–Crippen MR) is 63.2 cm³/mol. The van der Waals surface area contributed by atoms with E-state index in [4.69, 9.17) is 5.73 Å². The van der Waals surface area contributed by atoms with E-state index in [1.807, 2.05) is 13.0 Å². The first kappa shape index (κ1) is 11.0. The molecule has 2 N–H and O–H groups in total. The van der Waals surface area contributed by atoms with Crippen molar-refractivity contribution in [3.05, 3.63) is 33.7 Å². The molecule has 84 valence electrons. The minimum Gasteiger partial charge on any atom is -0.322 e. The summed E-state index contributed by atoms with van der Waals surface area (Å²) < 4.78 is 1.51. The largest absolute Gasteiger partial charge is 0.322 e. The lowest BCUT2D eigenvalue weighted by Gasteiger charge is -1.98. The molecule has 2 aromatic rings. The number of rotatable bonds is 2. The van der Waals surface area contributed by atoms with E-state index in [1.54, 1.807) is 19.3 Å². The van der Waals surface area contributed by atoms with Gasteiger partial charge in [-0.1, -0.05) is 11.3 Å². The topological polar surface area (TPSA) is 73.8 Å². The van der Waals surface area contributed by atoms with Crippen LogP contribution >= 0.6 is 11.3 Å². The lowest BCUT2D eigenvalue weighted by molar-refractivity contribution is 0.786. The van der Waals surface area contributed by atoms with Gasteiger partial charge in [0, 0.05) is 24.9 Å². The SMILES string of the molecule is CC(N)c1nnc(-c2ccn(C)c(=O)c2)s1. The molecule has 0 bridgehead atoms. The Balaban J connectivity index is 2.43. The van der Waals surface area contributed by atoms with Crippen molar-refractivity contribution in [2.75, 3.05) is 0 Å². The Morgan fingerprint density at radius 1 is 1.50 bits per heavy atom. The first-order valence-electron chi connectivity index (χ1n) is 4.84. The summed E-state index contributed by atoms with van der Waals surface area (Å²) in [5.74, 6) is 0. The van der Waals surface area contributed by atoms with Crippen molar-refractivity contribution < 1.29 is 0 Å². The summed E-state index contributed by atoms with van der Waals surface area (Å²) in [6.45, 7) is 1.86. The number of nitrogens with zero attached hydrogens (tertiary/aromatic N) is 3. The van der Waals surface area contributed by atoms with Crippen LogP contribution in [-0.2, 0) is 7.05 Å². The van der Waals surface area contributed by atoms with Gasteiger partial charge in [0.1, 0.15) is 10.0 Å². The fourth-order valence-corrected chi connectivity index (χ4v) is 2.01. The van der Waals surface area contributed by atoms with Crippen molar-refractivity contribution >= 4 is 11.3 Å². The zero-order chi connectivity index (χ0) is 11.7. The predicted octanol–water partition coefficient (Wildman–Crippen LogP) is 0.923. The molecule has 2 aromatic heterocycles. The van der Waals surface area contributed by atoms with E-state index in [0.29, 0.717) is 0 Å². The van der Waals surface area contributed by atoms with Crippen LogP contribution < -0.4 is 11.3 Å². The van der Waals surface area contributed by atoms with Crippen molar-refractivity contribution in [3.63, 3.8) is 0 Å². The molecule has 16 heavy (non-hydrogen) atoms. The highest BCUT2D eigenvalue weighted by Crippen LogP contribution is 2.24. The molecular formula is C10H12N4OS. The molecule has 0 radical (unpaired) electrons. The molecule has 0 saturated heterocycles. The molecule has 0 fully saturated rings. The minimum atomic E-state index is -0.127. The summed E-state index contributed by atoms with van der Waals surface area (Å²) in [6, 6.07) is 3.26. The monoisotopic (exact) mass is 236 g/mol. The number of hydrogen-bond acceptors (Lipinski definition) is 5. The van der Waals surface area contributed by atoms with Gasteiger partial charge in [0.05, 0.1) is 6.04 Å². The van der Waals surface area contributed by atoms with Gasteiger partial charge >= 0.3 is 0 Å². The van der Waals surface area contributed by atoms with Gasteiger partial charge < -0.3 is 10.3 Å². The Kier molecular flexibility index (Phi) is 2.84. The van der Waals surface area contributed by atoms with E-state index < -0.39 is 0 Å². The van der Waals surface area contributed by atoms with Crippen molar-refractivity contribution in [2.24, 2.45) is 12.8 Å². The van der Waals surface area contributed by atoms with Crippen molar-refractivity contribution in [2.45, 2.75) is 13.0 Å². The van der Waals surface area contributed by atoms with Crippen LogP contribution in [0.2, 0.25) is 0 Å². The van der Waals surface area contributed by atoms with Gasteiger partial charge in [0.2, 0.25) is 0 Å². The van der Waals surface area contributed by atoms with Gasteiger partial charge in [-0.25, -0.2) is 0 Å². The Bertz CT molecular complexity index is 558. The number of hydrogen-bond donors (Lipinski definition) is 1. The molecule has 1 unspecified atom stereocenters. The van der Waals surface area contributed by atoms with E-state index in [2.05, 4.69) is 10.2 Å². The van der Waals surface area contributed by atoms with Crippen LogP contribution in [0.4, 0.5) is 0 Å². The maximum Gasteiger partial charge on any atom is 0.250 e. The maximum atomic E-state index is 11.4. The van der Waals surface area contributed by atoms with Gasteiger partial charge in [-0.3, -0.25) is 4.79 Å². The van der Waals surface area contributed by atoms with Gasteiger partial charge in [0.25, 0.3) is 5.56 Å². The van der Waals surface area contributed by atoms with E-state index in [9.17, 15) is 4.79 Å². The molecule has 0 aliphatic heterocycles. The van der Waals surface area contributed by atoms with Crippen LogP contribution in [0.3, 0.4) is 0 Å². The molecule has 5 nitrogen and oxygen atoms in total. The Morgan fingerprint density at radius 3 is 2.81 bits per heavy atom. The molecular weight excluding hydrogens is 224 g/mol. The third-order valence-corrected chi connectivity index (χ3v) is 3.35. The van der Waals surface area contributed by atoms with Gasteiger partial charge in [0.15, 0.2) is 0 Å². The third-order valence-electron chi connectivity index (χ3n) is 2.18. The molecule has 6 heteroatoms. The van der Waals surface area contributed by atoms with E-state index in [1.165, 1.54) is 15.9 Å². The van der Waals surface area contributed by atoms with Crippen molar-refractivity contribution in [3.8, 4) is 10.6 Å². The smallest absolute Gasteiger partial charge is 0.250 e. The van der Waals surface area contributed by atoms with Crippen LogP contribution in [0.25, 0.3) is 10.6 Å².